The van der Waals surface area contributed by atoms with Gasteiger partial charge in [-0.1, -0.05) is 30.7 Å². The number of nitrogens with one attached hydrogen (secondary N) is 2. The Morgan fingerprint density at radius 3 is 2.78 bits per heavy atom. The molecule has 3 aromatic rings. The van der Waals surface area contributed by atoms with E-state index in [1.165, 1.54) is 5.56 Å². The van der Waals surface area contributed by atoms with E-state index < -0.39 is 0 Å². The minimum atomic E-state index is -0.0326. The molecule has 3 rings (SSSR count). The van der Waals surface area contributed by atoms with Crippen LogP contribution in [0.4, 0.5) is 5.82 Å². The van der Waals surface area contributed by atoms with Crippen molar-refractivity contribution in [2.45, 2.75) is 39.7 Å². The van der Waals surface area contributed by atoms with Crippen LogP contribution in [0.25, 0.3) is 10.9 Å². The van der Waals surface area contributed by atoms with Gasteiger partial charge in [-0.2, -0.15) is 5.21 Å². The van der Waals surface area contributed by atoms with E-state index in [4.69, 9.17) is 0 Å². The maximum atomic E-state index is 4.42. The highest BCUT2D eigenvalue weighted by Gasteiger charge is 2.18. The van der Waals surface area contributed by atoms with Crippen LogP contribution >= 0.6 is 0 Å². The first-order valence-corrected chi connectivity index (χ1v) is 7.84. The first-order valence-electron chi connectivity index (χ1n) is 7.84. The fourth-order valence-corrected chi connectivity index (χ4v) is 2.53. The highest BCUT2D eigenvalue weighted by Crippen LogP contribution is 2.26. The molecule has 0 saturated heterocycles. The Morgan fingerprint density at radius 1 is 1.17 bits per heavy atom. The Bertz CT molecular complexity index is 767. The summed E-state index contributed by atoms with van der Waals surface area (Å²) in [7, 11) is 0. The molecular formula is C16H21N7. The van der Waals surface area contributed by atoms with E-state index in [1.807, 2.05) is 6.07 Å². The first-order chi connectivity index (χ1) is 11.1. The molecule has 7 nitrogen and oxygen atoms in total. The number of rotatable bonds is 6. The largest absolute Gasteiger partial charge is 0.359 e. The van der Waals surface area contributed by atoms with Crippen LogP contribution in [0.3, 0.4) is 0 Å². The van der Waals surface area contributed by atoms with E-state index in [0.717, 1.165) is 29.6 Å². The molecular weight excluding hydrogens is 290 g/mol. The van der Waals surface area contributed by atoms with E-state index >= 15 is 0 Å². The second kappa shape index (κ2) is 6.68. The number of anilines is 1. The number of aromatic nitrogens is 6. The Morgan fingerprint density at radius 2 is 2.04 bits per heavy atom. The van der Waals surface area contributed by atoms with Crippen LogP contribution in [0.5, 0.6) is 0 Å². The summed E-state index contributed by atoms with van der Waals surface area (Å²) < 4.78 is 0. The lowest BCUT2D eigenvalue weighted by Crippen LogP contribution is -2.15. The fraction of sp³-hybridized carbons (Fsp3) is 0.438. The van der Waals surface area contributed by atoms with Crippen LogP contribution in [0.15, 0.2) is 24.5 Å². The molecule has 2 aromatic heterocycles. The number of benzene rings is 1. The van der Waals surface area contributed by atoms with Gasteiger partial charge in [0.1, 0.15) is 12.1 Å². The maximum Gasteiger partial charge on any atom is 0.196 e. The van der Waals surface area contributed by atoms with Crippen molar-refractivity contribution in [2.75, 3.05) is 5.32 Å². The van der Waals surface area contributed by atoms with Gasteiger partial charge < -0.3 is 5.32 Å². The number of tetrazole rings is 1. The molecule has 0 radical (unpaired) electrons. The van der Waals surface area contributed by atoms with Crippen molar-refractivity contribution in [2.24, 2.45) is 5.92 Å². The molecule has 0 aliphatic carbocycles. The number of nitrogens with zero attached hydrogens (tertiary/aromatic N) is 5. The van der Waals surface area contributed by atoms with Gasteiger partial charge in [0.2, 0.25) is 0 Å². The van der Waals surface area contributed by atoms with Crippen molar-refractivity contribution in [1.82, 2.24) is 30.6 Å². The minimum absolute atomic E-state index is 0.0326. The quantitative estimate of drug-likeness (QED) is 0.727. The normalized spacial score (nSPS) is 12.7. The van der Waals surface area contributed by atoms with Crippen molar-refractivity contribution < 1.29 is 0 Å². The van der Waals surface area contributed by atoms with Gasteiger partial charge in [0.25, 0.3) is 0 Å². The molecule has 1 aromatic carbocycles. The van der Waals surface area contributed by atoms with E-state index in [9.17, 15) is 0 Å². The topological polar surface area (TPSA) is 92.3 Å². The molecule has 0 aliphatic heterocycles. The van der Waals surface area contributed by atoms with Crippen LogP contribution in [-0.4, -0.2) is 30.6 Å². The van der Waals surface area contributed by atoms with Crippen LogP contribution in [0.1, 0.15) is 44.1 Å². The summed E-state index contributed by atoms with van der Waals surface area (Å²) in [6.07, 6.45) is 3.55. The molecule has 120 valence electrons. The summed E-state index contributed by atoms with van der Waals surface area (Å²) in [6.45, 7) is 6.47. The third kappa shape index (κ3) is 3.61. The summed E-state index contributed by atoms with van der Waals surface area (Å²) in [5.41, 5.74) is 2.09. The number of hydrogen-bond acceptors (Lipinski definition) is 6. The molecule has 0 amide bonds. The lowest BCUT2D eigenvalue weighted by Gasteiger charge is -2.18. The maximum absolute atomic E-state index is 4.42. The smallest absolute Gasteiger partial charge is 0.196 e. The third-order valence-electron chi connectivity index (χ3n) is 3.81. The molecule has 2 heterocycles. The van der Waals surface area contributed by atoms with Gasteiger partial charge in [-0.15, -0.1) is 10.2 Å². The fourth-order valence-electron chi connectivity index (χ4n) is 2.53. The SMILES string of the molecule is Cc1ccc2ncnc(NC(CCC(C)C)c3nn[nH]n3)c2c1. The average Bonchev–Trinajstić information content (AvgIpc) is 3.05. The van der Waals surface area contributed by atoms with E-state index in [-0.39, 0.29) is 6.04 Å². The van der Waals surface area contributed by atoms with E-state index in [0.29, 0.717) is 11.7 Å². The summed E-state index contributed by atoms with van der Waals surface area (Å²) in [5.74, 6) is 2.07. The van der Waals surface area contributed by atoms with Gasteiger partial charge in [0.05, 0.1) is 11.6 Å². The molecule has 23 heavy (non-hydrogen) atoms. The van der Waals surface area contributed by atoms with Crippen LogP contribution in [0.2, 0.25) is 0 Å². The lowest BCUT2D eigenvalue weighted by molar-refractivity contribution is 0.510. The van der Waals surface area contributed by atoms with Crippen LogP contribution in [0, 0.1) is 12.8 Å². The zero-order valence-corrected chi connectivity index (χ0v) is 13.6. The van der Waals surface area contributed by atoms with E-state index in [2.05, 4.69) is 68.8 Å². The number of aromatic amines is 1. The van der Waals surface area contributed by atoms with E-state index in [1.54, 1.807) is 6.33 Å². The van der Waals surface area contributed by atoms with Gasteiger partial charge >= 0.3 is 0 Å². The first kappa shape index (κ1) is 15.3. The predicted octanol–water partition coefficient (Wildman–Crippen LogP) is 3.04. The van der Waals surface area contributed by atoms with Crippen molar-refractivity contribution in [3.8, 4) is 0 Å². The lowest BCUT2D eigenvalue weighted by atomic mass is 10.0. The third-order valence-corrected chi connectivity index (χ3v) is 3.81. The van der Waals surface area contributed by atoms with Gasteiger partial charge in [0.15, 0.2) is 5.82 Å². The molecule has 0 spiro atoms. The van der Waals surface area contributed by atoms with Crippen LogP contribution in [-0.2, 0) is 0 Å². The van der Waals surface area contributed by atoms with Crippen molar-refractivity contribution in [3.63, 3.8) is 0 Å². The monoisotopic (exact) mass is 311 g/mol. The highest BCUT2D eigenvalue weighted by molar-refractivity contribution is 5.89. The molecule has 1 unspecified atom stereocenters. The molecule has 2 N–H and O–H groups in total. The highest BCUT2D eigenvalue weighted by atomic mass is 15.5. The van der Waals surface area contributed by atoms with Gasteiger partial charge in [-0.3, -0.25) is 0 Å². The van der Waals surface area contributed by atoms with Crippen LogP contribution < -0.4 is 5.32 Å². The van der Waals surface area contributed by atoms with Crippen molar-refractivity contribution in [3.05, 3.63) is 35.9 Å². The molecule has 0 bridgehead atoms. The minimum Gasteiger partial charge on any atom is -0.359 e. The molecule has 0 fully saturated rings. The Labute approximate surface area is 134 Å². The number of hydrogen-bond donors (Lipinski definition) is 2. The molecule has 0 saturated carbocycles. The zero-order valence-electron chi connectivity index (χ0n) is 13.6. The summed E-state index contributed by atoms with van der Waals surface area (Å²) >= 11 is 0. The average molecular weight is 311 g/mol. The second-order valence-electron chi connectivity index (χ2n) is 6.18. The molecule has 7 heteroatoms. The zero-order chi connectivity index (χ0) is 16.2. The van der Waals surface area contributed by atoms with Crippen molar-refractivity contribution >= 4 is 16.7 Å². The standard InChI is InChI=1S/C16H21N7/c1-10(2)4-6-14(16-20-22-23-21-16)19-15-12-8-11(3)5-7-13(12)17-9-18-15/h5,7-10,14H,4,6H2,1-3H3,(H,17,18,19)(H,20,21,22,23). The molecule has 0 aliphatic rings. The van der Waals surface area contributed by atoms with Gasteiger partial charge in [-0.25, -0.2) is 9.97 Å². The summed E-state index contributed by atoms with van der Waals surface area (Å²) in [4.78, 5) is 8.74. The second-order valence-corrected chi connectivity index (χ2v) is 6.18. The number of aryl methyl sites for hydroxylation is 1. The van der Waals surface area contributed by atoms with Gasteiger partial charge in [-0.05, 0) is 37.8 Å². The van der Waals surface area contributed by atoms with Crippen molar-refractivity contribution in [1.29, 1.82) is 0 Å². The summed E-state index contributed by atoms with van der Waals surface area (Å²) in [5, 5.41) is 19.0. The Hall–Kier alpha value is -2.57. The summed E-state index contributed by atoms with van der Waals surface area (Å²) in [6, 6.07) is 6.12. The Kier molecular flexibility index (Phi) is 4.45. The number of H-pyrrole nitrogens is 1. The number of fused-ring (bicyclic) bond motifs is 1. The molecule has 1 atom stereocenters. The Balaban J connectivity index is 1.92. The van der Waals surface area contributed by atoms with Gasteiger partial charge in [0, 0.05) is 5.39 Å². The predicted molar refractivity (Wildman–Crippen MR) is 88.9 cm³/mol.